The molecule has 0 radical (unpaired) electrons. The monoisotopic (exact) mass is 230 g/mol. The summed E-state index contributed by atoms with van der Waals surface area (Å²) in [5.74, 6) is 0. The summed E-state index contributed by atoms with van der Waals surface area (Å²) in [5, 5.41) is 0.280. The SMILES string of the molecule is C[Si](C)(C)O[Si](O)(F)c1ccccc1. The molecular formula is C9H15FO2Si2. The summed E-state index contributed by atoms with van der Waals surface area (Å²) in [6.45, 7) is 5.56. The standard InChI is InChI=1S/C9H15FO2Si2/c1-13(2,3)12-14(10,11)9-7-5-4-6-8-9/h4-8,11H,1-3H3. The zero-order valence-electron chi connectivity index (χ0n) is 8.62. The van der Waals surface area contributed by atoms with Gasteiger partial charge in [0.1, 0.15) is 0 Å². The Morgan fingerprint density at radius 2 is 1.64 bits per heavy atom. The van der Waals surface area contributed by atoms with Crippen molar-refractivity contribution in [2.24, 2.45) is 0 Å². The molecule has 0 spiro atoms. The van der Waals surface area contributed by atoms with E-state index in [1.807, 2.05) is 19.6 Å². The quantitative estimate of drug-likeness (QED) is 0.632. The summed E-state index contributed by atoms with van der Waals surface area (Å²) in [6.07, 6.45) is 0. The van der Waals surface area contributed by atoms with Crippen LogP contribution in [-0.2, 0) is 4.12 Å². The van der Waals surface area contributed by atoms with Gasteiger partial charge in [0.15, 0.2) is 8.32 Å². The van der Waals surface area contributed by atoms with Crippen molar-refractivity contribution in [2.75, 3.05) is 0 Å². The van der Waals surface area contributed by atoms with Gasteiger partial charge in [0.05, 0.1) is 0 Å². The van der Waals surface area contributed by atoms with Crippen LogP contribution < -0.4 is 5.19 Å². The minimum atomic E-state index is -4.15. The lowest BCUT2D eigenvalue weighted by Gasteiger charge is -2.25. The minimum Gasteiger partial charge on any atom is -0.410 e. The van der Waals surface area contributed by atoms with Gasteiger partial charge in [-0.2, -0.15) is 0 Å². The van der Waals surface area contributed by atoms with Gasteiger partial charge in [0.2, 0.25) is 0 Å². The Bertz CT molecular complexity index is 295. The summed E-state index contributed by atoms with van der Waals surface area (Å²) in [5.41, 5.74) is 0. The number of benzene rings is 1. The van der Waals surface area contributed by atoms with Gasteiger partial charge >= 0.3 is 8.89 Å². The van der Waals surface area contributed by atoms with Crippen LogP contribution in [0.4, 0.5) is 4.11 Å². The van der Waals surface area contributed by atoms with Crippen LogP contribution in [0.2, 0.25) is 19.6 Å². The van der Waals surface area contributed by atoms with E-state index in [4.69, 9.17) is 4.12 Å². The predicted molar refractivity (Wildman–Crippen MR) is 59.6 cm³/mol. The first-order valence-electron chi connectivity index (χ1n) is 4.48. The molecule has 0 saturated carbocycles. The number of rotatable bonds is 3. The zero-order chi connectivity index (χ0) is 10.8. The maximum absolute atomic E-state index is 13.8. The Morgan fingerprint density at radius 1 is 1.14 bits per heavy atom. The molecule has 78 valence electrons. The van der Waals surface area contributed by atoms with E-state index in [2.05, 4.69) is 0 Å². The van der Waals surface area contributed by atoms with E-state index in [0.29, 0.717) is 0 Å². The lowest BCUT2D eigenvalue weighted by Crippen LogP contribution is -2.53. The molecule has 0 fully saturated rings. The number of hydrogen-bond acceptors (Lipinski definition) is 2. The van der Waals surface area contributed by atoms with Crippen molar-refractivity contribution < 1.29 is 13.0 Å². The highest BCUT2D eigenvalue weighted by molar-refractivity contribution is 6.85. The van der Waals surface area contributed by atoms with Crippen LogP contribution in [-0.4, -0.2) is 22.0 Å². The second kappa shape index (κ2) is 3.94. The number of hydrogen-bond donors (Lipinski definition) is 1. The second-order valence-corrected chi connectivity index (χ2v) is 10.9. The minimum absolute atomic E-state index is 0.280. The second-order valence-electron chi connectivity index (χ2n) is 4.14. The van der Waals surface area contributed by atoms with E-state index in [-0.39, 0.29) is 5.19 Å². The highest BCUT2D eigenvalue weighted by Gasteiger charge is 2.42. The molecular weight excluding hydrogens is 215 g/mol. The molecule has 0 heterocycles. The van der Waals surface area contributed by atoms with Crippen molar-refractivity contribution in [3.05, 3.63) is 30.3 Å². The fourth-order valence-electron chi connectivity index (χ4n) is 1.11. The molecule has 1 aromatic carbocycles. The van der Waals surface area contributed by atoms with Crippen LogP contribution in [0.1, 0.15) is 0 Å². The molecule has 0 aliphatic rings. The summed E-state index contributed by atoms with van der Waals surface area (Å²) < 4.78 is 19.0. The highest BCUT2D eigenvalue weighted by Crippen LogP contribution is 2.12. The fourth-order valence-corrected chi connectivity index (χ4v) is 5.43. The van der Waals surface area contributed by atoms with Crippen LogP contribution in [0.3, 0.4) is 0 Å². The van der Waals surface area contributed by atoms with Gasteiger partial charge in [-0.1, -0.05) is 30.3 Å². The molecule has 0 saturated heterocycles. The maximum Gasteiger partial charge on any atom is 0.562 e. The van der Waals surface area contributed by atoms with Crippen molar-refractivity contribution in [3.8, 4) is 0 Å². The van der Waals surface area contributed by atoms with Gasteiger partial charge < -0.3 is 8.91 Å². The molecule has 2 nitrogen and oxygen atoms in total. The van der Waals surface area contributed by atoms with Gasteiger partial charge in [-0.25, -0.2) is 4.11 Å². The van der Waals surface area contributed by atoms with Gasteiger partial charge in [-0.15, -0.1) is 0 Å². The Balaban J connectivity index is 2.86. The molecule has 14 heavy (non-hydrogen) atoms. The fraction of sp³-hybridized carbons (Fsp3) is 0.333. The first-order valence-corrected chi connectivity index (χ1v) is 9.62. The molecule has 0 bridgehead atoms. The summed E-state index contributed by atoms with van der Waals surface area (Å²) in [7, 11) is -6.19. The molecule has 1 atom stereocenters. The Hall–Kier alpha value is -0.496. The smallest absolute Gasteiger partial charge is 0.410 e. The molecule has 1 N–H and O–H groups in total. The van der Waals surface area contributed by atoms with Crippen LogP contribution >= 0.6 is 0 Å². The first kappa shape index (κ1) is 11.6. The molecule has 0 amide bonds. The molecule has 1 unspecified atom stereocenters. The van der Waals surface area contributed by atoms with Crippen LogP contribution in [0.15, 0.2) is 30.3 Å². The maximum atomic E-state index is 13.8. The normalized spacial score (nSPS) is 16.4. The van der Waals surface area contributed by atoms with Crippen molar-refractivity contribution in [2.45, 2.75) is 19.6 Å². The van der Waals surface area contributed by atoms with E-state index in [9.17, 15) is 8.90 Å². The van der Waals surface area contributed by atoms with E-state index < -0.39 is 17.2 Å². The predicted octanol–water partition coefficient (Wildman–Crippen LogP) is 1.65. The zero-order valence-corrected chi connectivity index (χ0v) is 10.6. The molecule has 0 aromatic heterocycles. The third-order valence-electron chi connectivity index (χ3n) is 1.57. The third-order valence-corrected chi connectivity index (χ3v) is 6.15. The topological polar surface area (TPSA) is 29.5 Å². The highest BCUT2D eigenvalue weighted by atomic mass is 28.5. The summed E-state index contributed by atoms with van der Waals surface area (Å²) in [6, 6.07) is 8.29. The molecule has 5 heteroatoms. The number of halogens is 1. The van der Waals surface area contributed by atoms with E-state index in [1.165, 1.54) is 0 Å². The van der Waals surface area contributed by atoms with Crippen LogP contribution in [0.25, 0.3) is 0 Å². The van der Waals surface area contributed by atoms with E-state index >= 15 is 0 Å². The van der Waals surface area contributed by atoms with Crippen LogP contribution in [0.5, 0.6) is 0 Å². The third kappa shape index (κ3) is 3.34. The molecule has 1 aromatic rings. The molecule has 0 aliphatic carbocycles. The van der Waals surface area contributed by atoms with E-state index in [0.717, 1.165) is 0 Å². The van der Waals surface area contributed by atoms with Crippen molar-refractivity contribution in [1.82, 2.24) is 0 Å². The largest absolute Gasteiger partial charge is 0.562 e. The molecule has 1 rings (SSSR count). The summed E-state index contributed by atoms with van der Waals surface area (Å²) in [4.78, 5) is 9.61. The van der Waals surface area contributed by atoms with Crippen molar-refractivity contribution in [1.29, 1.82) is 0 Å². The first-order chi connectivity index (χ1) is 6.31. The van der Waals surface area contributed by atoms with Crippen molar-refractivity contribution >= 4 is 22.4 Å². The Morgan fingerprint density at radius 3 is 2.07 bits per heavy atom. The molecule has 0 aliphatic heterocycles. The van der Waals surface area contributed by atoms with E-state index in [1.54, 1.807) is 30.3 Å². The van der Waals surface area contributed by atoms with Gasteiger partial charge in [0, 0.05) is 5.19 Å². The Labute approximate surface area is 85.9 Å². The van der Waals surface area contributed by atoms with Gasteiger partial charge in [0.25, 0.3) is 0 Å². The average Bonchev–Trinajstić information content (AvgIpc) is 2.01. The lowest BCUT2D eigenvalue weighted by atomic mass is 10.4. The average molecular weight is 230 g/mol. The van der Waals surface area contributed by atoms with Crippen molar-refractivity contribution in [3.63, 3.8) is 0 Å². The Kier molecular flexibility index (Phi) is 3.26. The lowest BCUT2D eigenvalue weighted by molar-refractivity contribution is 0.319. The van der Waals surface area contributed by atoms with Gasteiger partial charge in [-0.05, 0) is 19.6 Å². The van der Waals surface area contributed by atoms with Gasteiger partial charge in [-0.3, -0.25) is 0 Å². The van der Waals surface area contributed by atoms with Crippen LogP contribution in [0, 0.1) is 0 Å². The summed E-state index contributed by atoms with van der Waals surface area (Å²) >= 11 is 0.